The molecule has 3 aliphatic rings. The molecule has 0 spiro atoms. The summed E-state index contributed by atoms with van der Waals surface area (Å²) in [5.41, 5.74) is 14.6. The van der Waals surface area contributed by atoms with Gasteiger partial charge in [0.1, 0.15) is 11.9 Å². The van der Waals surface area contributed by atoms with Gasteiger partial charge in [0.2, 0.25) is 0 Å². The van der Waals surface area contributed by atoms with Crippen LogP contribution in [0.1, 0.15) is 36.5 Å². The monoisotopic (exact) mass is 705 g/mol. The average molecular weight is 706 g/mol. The Morgan fingerprint density at radius 1 is 0.491 bits per heavy atom. The van der Waals surface area contributed by atoms with Crippen molar-refractivity contribution in [2.75, 3.05) is 4.90 Å². The Balaban J connectivity index is 1.03. The van der Waals surface area contributed by atoms with Crippen LogP contribution in [0.5, 0.6) is 5.75 Å². The van der Waals surface area contributed by atoms with Crippen molar-refractivity contribution < 1.29 is 4.74 Å². The van der Waals surface area contributed by atoms with E-state index in [1.165, 1.54) is 60.5 Å². The van der Waals surface area contributed by atoms with E-state index in [0.717, 1.165) is 33.9 Å². The second-order valence-electron chi connectivity index (χ2n) is 15.6. The molecule has 2 aliphatic carbocycles. The van der Waals surface area contributed by atoms with E-state index in [-0.39, 0.29) is 17.4 Å². The standard InChI is InChI=1S/C53H39NO/c1-53(2)48-19-7-5-14-44(48)45-32-31-40(33-49(45)53)54(39-29-25-36(26-30-39)43-17-10-18-47-46-15-6-8-20-50(46)55-52(43)47)38-27-23-35(24-28-38)42-16-9-12-37-22-21-34-11-3-4-13-41(34)51(37)42/h3-33,46,50H,1-2H3. The van der Waals surface area contributed by atoms with E-state index in [1.54, 1.807) is 0 Å². The molecule has 8 aromatic carbocycles. The normalized spacial score (nSPS) is 17.1. The first kappa shape index (κ1) is 31.8. The van der Waals surface area contributed by atoms with Gasteiger partial charge in [0.25, 0.3) is 0 Å². The maximum Gasteiger partial charge on any atom is 0.132 e. The largest absolute Gasteiger partial charge is 0.484 e. The lowest BCUT2D eigenvalue weighted by atomic mass is 9.82. The van der Waals surface area contributed by atoms with E-state index in [0.29, 0.717) is 0 Å². The summed E-state index contributed by atoms with van der Waals surface area (Å²) in [6.07, 6.45) is 8.70. The molecule has 1 heterocycles. The minimum absolute atomic E-state index is 0.0571. The summed E-state index contributed by atoms with van der Waals surface area (Å²) < 4.78 is 6.55. The molecule has 2 unspecified atom stereocenters. The highest BCUT2D eigenvalue weighted by atomic mass is 16.5. The summed E-state index contributed by atoms with van der Waals surface area (Å²) in [6, 6.07) is 60.4. The fraction of sp³-hybridized carbons (Fsp3) is 0.0943. The van der Waals surface area contributed by atoms with Crippen LogP contribution < -0.4 is 9.64 Å². The van der Waals surface area contributed by atoms with Gasteiger partial charge in [-0.15, -0.1) is 0 Å². The van der Waals surface area contributed by atoms with Gasteiger partial charge in [-0.05, 0) is 103 Å². The van der Waals surface area contributed by atoms with Crippen LogP contribution in [0.15, 0.2) is 188 Å². The lowest BCUT2D eigenvalue weighted by molar-refractivity contribution is 0.270. The molecule has 0 aromatic heterocycles. The summed E-state index contributed by atoms with van der Waals surface area (Å²) in [7, 11) is 0. The fourth-order valence-corrected chi connectivity index (χ4v) is 9.45. The van der Waals surface area contributed by atoms with Gasteiger partial charge in [0, 0.05) is 39.5 Å². The highest BCUT2D eigenvalue weighted by Gasteiger charge is 2.36. The van der Waals surface area contributed by atoms with E-state index in [4.69, 9.17) is 4.74 Å². The van der Waals surface area contributed by atoms with E-state index in [9.17, 15) is 0 Å². The zero-order chi connectivity index (χ0) is 36.7. The molecule has 0 bridgehead atoms. The maximum absolute atomic E-state index is 6.55. The summed E-state index contributed by atoms with van der Waals surface area (Å²) in [4.78, 5) is 2.40. The molecule has 0 fully saturated rings. The molecule has 55 heavy (non-hydrogen) atoms. The second kappa shape index (κ2) is 12.2. The van der Waals surface area contributed by atoms with Crippen LogP contribution in [0.2, 0.25) is 0 Å². The summed E-state index contributed by atoms with van der Waals surface area (Å²) >= 11 is 0. The third-order valence-electron chi connectivity index (χ3n) is 12.2. The minimum Gasteiger partial charge on any atom is -0.484 e. The predicted molar refractivity (Wildman–Crippen MR) is 230 cm³/mol. The van der Waals surface area contributed by atoms with Crippen LogP contribution in [-0.2, 0) is 5.41 Å². The number of anilines is 3. The zero-order valence-corrected chi connectivity index (χ0v) is 30.9. The highest BCUT2D eigenvalue weighted by Crippen LogP contribution is 2.51. The molecular weight excluding hydrogens is 667 g/mol. The van der Waals surface area contributed by atoms with Crippen LogP contribution >= 0.6 is 0 Å². The molecular formula is C53H39NO. The average Bonchev–Trinajstić information content (AvgIpc) is 3.73. The van der Waals surface area contributed by atoms with Gasteiger partial charge in [0.05, 0.1) is 0 Å². The number of allylic oxidation sites excluding steroid dienone is 2. The zero-order valence-electron chi connectivity index (χ0n) is 30.9. The Morgan fingerprint density at radius 3 is 1.95 bits per heavy atom. The quantitative estimate of drug-likeness (QED) is 0.165. The molecule has 262 valence electrons. The molecule has 2 atom stereocenters. The van der Waals surface area contributed by atoms with Crippen molar-refractivity contribution in [1.82, 2.24) is 0 Å². The number of hydrogen-bond donors (Lipinski definition) is 0. The molecule has 0 amide bonds. The van der Waals surface area contributed by atoms with E-state index >= 15 is 0 Å². The molecule has 1 aliphatic heterocycles. The Labute approximate surface area is 322 Å². The highest BCUT2D eigenvalue weighted by molar-refractivity contribution is 6.14. The molecule has 0 saturated heterocycles. The summed E-state index contributed by atoms with van der Waals surface area (Å²) in [5.74, 6) is 1.26. The Hall–Kier alpha value is -6.64. The van der Waals surface area contributed by atoms with Gasteiger partial charge in [-0.1, -0.05) is 159 Å². The number of fused-ring (bicyclic) bond motifs is 9. The Bertz CT molecular complexity index is 2880. The lowest BCUT2D eigenvalue weighted by Crippen LogP contribution is -2.16. The van der Waals surface area contributed by atoms with Gasteiger partial charge in [-0.25, -0.2) is 0 Å². The van der Waals surface area contributed by atoms with Crippen molar-refractivity contribution in [2.24, 2.45) is 0 Å². The van der Waals surface area contributed by atoms with E-state index in [1.807, 2.05) is 0 Å². The van der Waals surface area contributed by atoms with Crippen LogP contribution in [0.3, 0.4) is 0 Å². The van der Waals surface area contributed by atoms with Crippen LogP contribution in [-0.4, -0.2) is 6.10 Å². The van der Waals surface area contributed by atoms with Gasteiger partial charge in [0.15, 0.2) is 0 Å². The third kappa shape index (κ3) is 4.95. The summed E-state index contributed by atoms with van der Waals surface area (Å²) in [5, 5.41) is 5.09. The molecule has 0 N–H and O–H groups in total. The summed E-state index contributed by atoms with van der Waals surface area (Å²) in [6.45, 7) is 4.71. The van der Waals surface area contributed by atoms with Crippen molar-refractivity contribution in [3.63, 3.8) is 0 Å². The SMILES string of the molecule is CC1(C)c2ccccc2-c2ccc(N(c3ccc(-c4cccc5c4OC4C=CC=CC54)cc3)c3ccc(-c4cccc5ccc6ccccc6c45)cc3)cc21. The first-order valence-electron chi connectivity index (χ1n) is 19.3. The van der Waals surface area contributed by atoms with Crippen LogP contribution in [0.25, 0.3) is 54.9 Å². The van der Waals surface area contributed by atoms with Crippen LogP contribution in [0.4, 0.5) is 17.1 Å². The van der Waals surface area contributed by atoms with E-state index in [2.05, 4.69) is 207 Å². The first-order valence-corrected chi connectivity index (χ1v) is 19.3. The topological polar surface area (TPSA) is 12.5 Å². The molecule has 11 rings (SSSR count). The molecule has 0 saturated carbocycles. The molecule has 2 heteroatoms. The van der Waals surface area contributed by atoms with E-state index < -0.39 is 0 Å². The van der Waals surface area contributed by atoms with Crippen molar-refractivity contribution in [1.29, 1.82) is 0 Å². The predicted octanol–water partition coefficient (Wildman–Crippen LogP) is 14.1. The fourth-order valence-electron chi connectivity index (χ4n) is 9.45. The number of para-hydroxylation sites is 1. The molecule has 2 nitrogen and oxygen atoms in total. The molecule has 0 radical (unpaired) electrons. The van der Waals surface area contributed by atoms with Gasteiger partial charge in [-0.2, -0.15) is 0 Å². The van der Waals surface area contributed by atoms with Gasteiger partial charge in [-0.3, -0.25) is 0 Å². The second-order valence-corrected chi connectivity index (χ2v) is 15.6. The first-order chi connectivity index (χ1) is 27.0. The Morgan fingerprint density at radius 2 is 1.11 bits per heavy atom. The molecule has 8 aromatic rings. The third-order valence-corrected chi connectivity index (χ3v) is 12.2. The number of ether oxygens (including phenoxy) is 1. The van der Waals surface area contributed by atoms with Gasteiger partial charge >= 0.3 is 0 Å². The number of benzene rings is 8. The van der Waals surface area contributed by atoms with Gasteiger partial charge < -0.3 is 9.64 Å². The maximum atomic E-state index is 6.55. The number of hydrogen-bond acceptors (Lipinski definition) is 2. The number of rotatable bonds is 5. The lowest BCUT2D eigenvalue weighted by Gasteiger charge is -2.28. The van der Waals surface area contributed by atoms with Crippen molar-refractivity contribution in [3.05, 3.63) is 205 Å². The Kier molecular flexibility index (Phi) is 7.06. The smallest absolute Gasteiger partial charge is 0.132 e. The number of nitrogens with zero attached hydrogens (tertiary/aromatic N) is 1. The van der Waals surface area contributed by atoms with Crippen molar-refractivity contribution >= 4 is 38.6 Å². The van der Waals surface area contributed by atoms with Crippen molar-refractivity contribution in [3.8, 4) is 39.1 Å². The van der Waals surface area contributed by atoms with Crippen molar-refractivity contribution in [2.45, 2.75) is 31.3 Å². The van der Waals surface area contributed by atoms with Crippen LogP contribution in [0, 0.1) is 0 Å². The minimum atomic E-state index is -0.103.